The molecule has 0 aliphatic heterocycles. The molecule has 0 aliphatic rings. The van der Waals surface area contributed by atoms with Crippen LogP contribution >= 0.6 is 0 Å². The minimum atomic E-state index is -0.403. The summed E-state index contributed by atoms with van der Waals surface area (Å²) in [6, 6.07) is 0.242. The minimum Gasteiger partial charge on any atom is -0.459 e. The van der Waals surface area contributed by atoms with E-state index in [1.807, 2.05) is 27.7 Å². The molecule has 0 spiro atoms. The normalized spacial score (nSPS) is 16.0. The molecule has 0 radical (unpaired) electrons. The number of nitrogens with zero attached hydrogens (tertiary/aromatic N) is 1. The summed E-state index contributed by atoms with van der Waals surface area (Å²) in [6.07, 6.45) is 1.04. The third-order valence-electron chi connectivity index (χ3n) is 2.77. The average Bonchev–Trinajstić information content (AvgIpc) is 2.15. The topological polar surface area (TPSA) is 29.5 Å². The molecule has 16 heavy (non-hydrogen) atoms. The molecule has 0 bridgehead atoms. The molecule has 96 valence electrons. The van der Waals surface area contributed by atoms with Gasteiger partial charge in [0, 0.05) is 6.04 Å². The Kier molecular flexibility index (Phi) is 6.01. The molecular formula is C13H27NO2. The molecule has 0 aliphatic carbocycles. The maximum Gasteiger partial charge on any atom is 0.323 e. The summed E-state index contributed by atoms with van der Waals surface area (Å²) in [5.74, 6) is -0.130. The Bertz CT molecular complexity index is 220. The third-order valence-corrected chi connectivity index (χ3v) is 2.77. The van der Waals surface area contributed by atoms with E-state index in [1.54, 1.807) is 0 Å². The molecule has 3 heteroatoms. The molecule has 0 saturated carbocycles. The van der Waals surface area contributed by atoms with Crippen LogP contribution < -0.4 is 0 Å². The maximum absolute atomic E-state index is 11.9. The molecule has 3 nitrogen and oxygen atoms in total. The minimum absolute atomic E-state index is 0.130. The van der Waals surface area contributed by atoms with Crippen molar-refractivity contribution in [3.05, 3.63) is 0 Å². The number of hydrogen-bond acceptors (Lipinski definition) is 3. The molecule has 0 N–H and O–H groups in total. The molecule has 0 rings (SSSR count). The standard InChI is InChI=1S/C13H27NO2/c1-8-10(3)14(9-2)11(4)12(15)16-13(5,6)7/h10-11H,8-9H2,1-7H3. The Hall–Kier alpha value is -0.570. The molecular weight excluding hydrogens is 202 g/mol. The zero-order valence-electron chi connectivity index (χ0n) is 11.8. The fourth-order valence-electron chi connectivity index (χ4n) is 1.72. The maximum atomic E-state index is 11.9. The van der Waals surface area contributed by atoms with Gasteiger partial charge in [0.25, 0.3) is 0 Å². The fourth-order valence-corrected chi connectivity index (χ4v) is 1.72. The monoisotopic (exact) mass is 229 g/mol. The van der Waals surface area contributed by atoms with E-state index in [9.17, 15) is 4.79 Å². The molecule has 2 unspecified atom stereocenters. The Morgan fingerprint density at radius 2 is 1.75 bits per heavy atom. The largest absolute Gasteiger partial charge is 0.459 e. The van der Waals surface area contributed by atoms with E-state index in [4.69, 9.17) is 4.74 Å². The van der Waals surface area contributed by atoms with E-state index in [0.717, 1.165) is 13.0 Å². The highest BCUT2D eigenvalue weighted by molar-refractivity contribution is 5.75. The summed E-state index contributed by atoms with van der Waals surface area (Å²) in [6.45, 7) is 14.8. The summed E-state index contributed by atoms with van der Waals surface area (Å²) in [5, 5.41) is 0. The van der Waals surface area contributed by atoms with Crippen LogP contribution in [0.15, 0.2) is 0 Å². The molecule has 0 aromatic rings. The van der Waals surface area contributed by atoms with Crippen molar-refractivity contribution in [2.45, 2.75) is 72.6 Å². The van der Waals surface area contributed by atoms with E-state index >= 15 is 0 Å². The van der Waals surface area contributed by atoms with Gasteiger partial charge in [-0.2, -0.15) is 0 Å². The van der Waals surface area contributed by atoms with Crippen LogP contribution in [0, 0.1) is 0 Å². The third kappa shape index (κ3) is 4.97. The lowest BCUT2D eigenvalue weighted by atomic mass is 10.1. The lowest BCUT2D eigenvalue weighted by molar-refractivity contribution is -0.161. The Morgan fingerprint density at radius 3 is 2.06 bits per heavy atom. The number of ether oxygens (including phenoxy) is 1. The summed E-state index contributed by atoms with van der Waals surface area (Å²) in [7, 11) is 0. The Labute approximate surface area is 100 Å². The van der Waals surface area contributed by atoms with Gasteiger partial charge in [-0.05, 0) is 47.6 Å². The second-order valence-electron chi connectivity index (χ2n) is 5.30. The van der Waals surface area contributed by atoms with Crippen molar-refractivity contribution in [2.24, 2.45) is 0 Å². The van der Waals surface area contributed by atoms with Crippen molar-refractivity contribution < 1.29 is 9.53 Å². The number of esters is 1. The first-order valence-corrected chi connectivity index (χ1v) is 6.21. The van der Waals surface area contributed by atoms with E-state index < -0.39 is 5.60 Å². The number of rotatable bonds is 5. The zero-order chi connectivity index (χ0) is 12.9. The van der Waals surface area contributed by atoms with Crippen LogP contribution in [0.2, 0.25) is 0 Å². The number of hydrogen-bond donors (Lipinski definition) is 0. The highest BCUT2D eigenvalue weighted by atomic mass is 16.6. The van der Waals surface area contributed by atoms with Crippen molar-refractivity contribution in [2.75, 3.05) is 6.54 Å². The van der Waals surface area contributed by atoms with Crippen LogP contribution in [0.5, 0.6) is 0 Å². The van der Waals surface area contributed by atoms with Crippen LogP contribution in [-0.4, -0.2) is 35.1 Å². The van der Waals surface area contributed by atoms with Crippen LogP contribution in [-0.2, 0) is 9.53 Å². The first-order valence-electron chi connectivity index (χ1n) is 6.21. The second-order valence-corrected chi connectivity index (χ2v) is 5.30. The highest BCUT2D eigenvalue weighted by Crippen LogP contribution is 2.14. The zero-order valence-corrected chi connectivity index (χ0v) is 11.8. The molecule has 2 atom stereocenters. The van der Waals surface area contributed by atoms with Crippen molar-refractivity contribution in [3.63, 3.8) is 0 Å². The van der Waals surface area contributed by atoms with Crippen molar-refractivity contribution in [3.8, 4) is 0 Å². The van der Waals surface area contributed by atoms with E-state index in [0.29, 0.717) is 6.04 Å². The fraction of sp³-hybridized carbons (Fsp3) is 0.923. The lowest BCUT2D eigenvalue weighted by Crippen LogP contribution is -2.46. The van der Waals surface area contributed by atoms with Crippen LogP contribution in [0.25, 0.3) is 0 Å². The predicted molar refractivity (Wildman–Crippen MR) is 67.4 cm³/mol. The van der Waals surface area contributed by atoms with Crippen LogP contribution in [0.3, 0.4) is 0 Å². The Morgan fingerprint density at radius 1 is 1.25 bits per heavy atom. The van der Waals surface area contributed by atoms with Gasteiger partial charge >= 0.3 is 5.97 Å². The van der Waals surface area contributed by atoms with Gasteiger partial charge in [-0.1, -0.05) is 13.8 Å². The van der Waals surface area contributed by atoms with E-state index in [2.05, 4.69) is 25.7 Å². The predicted octanol–water partition coefficient (Wildman–Crippen LogP) is 2.84. The van der Waals surface area contributed by atoms with Crippen molar-refractivity contribution in [1.29, 1.82) is 0 Å². The lowest BCUT2D eigenvalue weighted by Gasteiger charge is -2.33. The smallest absolute Gasteiger partial charge is 0.323 e. The number of carbonyl (C=O) groups excluding carboxylic acids is 1. The molecule has 0 amide bonds. The molecule has 0 aromatic carbocycles. The molecule has 0 fully saturated rings. The summed E-state index contributed by atoms with van der Waals surface area (Å²) < 4.78 is 5.40. The first-order chi connectivity index (χ1) is 7.22. The molecule has 0 saturated heterocycles. The summed E-state index contributed by atoms with van der Waals surface area (Å²) in [4.78, 5) is 14.1. The van der Waals surface area contributed by atoms with Gasteiger partial charge in [0.15, 0.2) is 0 Å². The van der Waals surface area contributed by atoms with Gasteiger partial charge in [-0.3, -0.25) is 9.69 Å². The van der Waals surface area contributed by atoms with Gasteiger partial charge in [0.1, 0.15) is 11.6 Å². The second kappa shape index (κ2) is 6.24. The molecule has 0 heterocycles. The van der Waals surface area contributed by atoms with Crippen molar-refractivity contribution >= 4 is 5.97 Å². The van der Waals surface area contributed by atoms with Gasteiger partial charge in [0.2, 0.25) is 0 Å². The number of carbonyl (C=O) groups is 1. The van der Waals surface area contributed by atoms with Crippen molar-refractivity contribution in [1.82, 2.24) is 4.90 Å². The van der Waals surface area contributed by atoms with E-state index in [1.165, 1.54) is 0 Å². The van der Waals surface area contributed by atoms with Gasteiger partial charge in [0.05, 0.1) is 0 Å². The summed E-state index contributed by atoms with van der Waals surface area (Å²) >= 11 is 0. The molecule has 0 aromatic heterocycles. The SMILES string of the molecule is CCC(C)N(CC)C(C)C(=O)OC(C)(C)C. The van der Waals surface area contributed by atoms with E-state index in [-0.39, 0.29) is 12.0 Å². The first kappa shape index (κ1) is 15.4. The number of likely N-dealkylation sites (N-methyl/N-ethyl adjacent to an activating group) is 1. The summed E-state index contributed by atoms with van der Waals surface area (Å²) in [5.41, 5.74) is -0.403. The quantitative estimate of drug-likeness (QED) is 0.679. The van der Waals surface area contributed by atoms with Gasteiger partial charge < -0.3 is 4.74 Å². The van der Waals surface area contributed by atoms with Crippen LogP contribution in [0.1, 0.15) is 54.9 Å². The van der Waals surface area contributed by atoms with Crippen LogP contribution in [0.4, 0.5) is 0 Å². The van der Waals surface area contributed by atoms with Gasteiger partial charge in [-0.15, -0.1) is 0 Å². The Balaban J connectivity index is 4.51. The van der Waals surface area contributed by atoms with Gasteiger partial charge in [-0.25, -0.2) is 0 Å². The highest BCUT2D eigenvalue weighted by Gasteiger charge is 2.27. The average molecular weight is 229 g/mol.